The molecule has 1 fully saturated rings. The number of rotatable bonds is 3. The SMILES string of the molecule is CN1CCN(C)C(CC(O)c2ccc(F)c(F)c2F)C1. The number of aliphatic hydroxyl groups excluding tert-OH is 1. The Morgan fingerprint density at radius 1 is 1.20 bits per heavy atom. The van der Waals surface area contributed by atoms with Crippen LogP contribution in [0.2, 0.25) is 0 Å². The second-order valence-electron chi connectivity index (χ2n) is 5.41. The van der Waals surface area contributed by atoms with Gasteiger partial charge < -0.3 is 14.9 Å². The third-order valence-corrected chi connectivity index (χ3v) is 3.90. The Bertz CT molecular complexity index is 484. The molecule has 1 saturated heterocycles. The van der Waals surface area contributed by atoms with E-state index in [4.69, 9.17) is 0 Å². The Balaban J connectivity index is 2.12. The van der Waals surface area contributed by atoms with Gasteiger partial charge in [0.25, 0.3) is 0 Å². The van der Waals surface area contributed by atoms with E-state index in [2.05, 4.69) is 9.80 Å². The summed E-state index contributed by atoms with van der Waals surface area (Å²) in [5, 5.41) is 10.1. The van der Waals surface area contributed by atoms with Crippen molar-refractivity contribution in [3.05, 3.63) is 35.1 Å². The van der Waals surface area contributed by atoms with Crippen molar-refractivity contribution in [1.29, 1.82) is 0 Å². The van der Waals surface area contributed by atoms with Gasteiger partial charge in [0.1, 0.15) is 0 Å². The summed E-state index contributed by atoms with van der Waals surface area (Å²) < 4.78 is 39.7. The Morgan fingerprint density at radius 3 is 2.60 bits per heavy atom. The number of piperazine rings is 1. The highest BCUT2D eigenvalue weighted by atomic mass is 19.2. The zero-order valence-electron chi connectivity index (χ0n) is 11.6. The maximum atomic E-state index is 13.6. The predicted molar refractivity (Wildman–Crippen MR) is 69.8 cm³/mol. The van der Waals surface area contributed by atoms with E-state index in [1.165, 1.54) is 0 Å². The number of nitrogens with zero attached hydrogens (tertiary/aromatic N) is 2. The molecule has 1 heterocycles. The number of likely N-dealkylation sites (N-methyl/N-ethyl adjacent to an activating group) is 2. The fraction of sp³-hybridized carbons (Fsp3) is 0.571. The molecule has 0 amide bonds. The van der Waals surface area contributed by atoms with Crippen molar-refractivity contribution in [2.45, 2.75) is 18.6 Å². The van der Waals surface area contributed by atoms with E-state index < -0.39 is 23.6 Å². The minimum Gasteiger partial charge on any atom is -0.388 e. The van der Waals surface area contributed by atoms with Crippen LogP contribution in [0.1, 0.15) is 18.1 Å². The molecule has 1 aliphatic heterocycles. The van der Waals surface area contributed by atoms with Gasteiger partial charge in [0.05, 0.1) is 6.10 Å². The molecule has 0 saturated carbocycles. The van der Waals surface area contributed by atoms with Crippen LogP contribution in [-0.2, 0) is 0 Å². The second-order valence-corrected chi connectivity index (χ2v) is 5.41. The quantitative estimate of drug-likeness (QED) is 0.859. The van der Waals surface area contributed by atoms with Gasteiger partial charge in [0.2, 0.25) is 0 Å². The number of hydrogen-bond donors (Lipinski definition) is 1. The van der Waals surface area contributed by atoms with Crippen LogP contribution in [-0.4, -0.2) is 54.7 Å². The maximum Gasteiger partial charge on any atom is 0.194 e. The minimum absolute atomic E-state index is 0.0521. The number of aliphatic hydroxyl groups is 1. The van der Waals surface area contributed by atoms with Crippen molar-refractivity contribution in [2.75, 3.05) is 33.7 Å². The van der Waals surface area contributed by atoms with E-state index in [0.717, 1.165) is 31.8 Å². The van der Waals surface area contributed by atoms with Gasteiger partial charge in [-0.3, -0.25) is 0 Å². The first kappa shape index (κ1) is 15.3. The average molecular weight is 288 g/mol. The number of benzene rings is 1. The van der Waals surface area contributed by atoms with Crippen molar-refractivity contribution >= 4 is 0 Å². The lowest BCUT2D eigenvalue weighted by molar-refractivity contribution is 0.0618. The van der Waals surface area contributed by atoms with Crippen LogP contribution in [0.25, 0.3) is 0 Å². The fourth-order valence-electron chi connectivity index (χ4n) is 2.54. The van der Waals surface area contributed by atoms with Crippen LogP contribution in [0, 0.1) is 17.5 Å². The molecule has 1 aliphatic rings. The Labute approximate surface area is 116 Å². The van der Waals surface area contributed by atoms with Gasteiger partial charge in [-0.1, -0.05) is 6.07 Å². The van der Waals surface area contributed by atoms with Crippen LogP contribution in [0.3, 0.4) is 0 Å². The van der Waals surface area contributed by atoms with Crippen LogP contribution in [0.5, 0.6) is 0 Å². The topological polar surface area (TPSA) is 26.7 Å². The third kappa shape index (κ3) is 3.13. The monoisotopic (exact) mass is 288 g/mol. The van der Waals surface area contributed by atoms with E-state index in [0.29, 0.717) is 0 Å². The first-order valence-electron chi connectivity index (χ1n) is 6.60. The molecule has 0 radical (unpaired) electrons. The van der Waals surface area contributed by atoms with Gasteiger partial charge >= 0.3 is 0 Å². The molecule has 6 heteroatoms. The molecular weight excluding hydrogens is 269 g/mol. The molecule has 3 nitrogen and oxygen atoms in total. The molecule has 0 aliphatic carbocycles. The lowest BCUT2D eigenvalue weighted by atomic mass is 9.99. The van der Waals surface area contributed by atoms with Crippen molar-refractivity contribution in [1.82, 2.24) is 9.80 Å². The molecule has 2 rings (SSSR count). The van der Waals surface area contributed by atoms with E-state index in [1.807, 2.05) is 14.1 Å². The summed E-state index contributed by atoms with van der Waals surface area (Å²) in [6.45, 7) is 2.54. The smallest absolute Gasteiger partial charge is 0.194 e. The molecule has 1 aromatic carbocycles. The highest BCUT2D eigenvalue weighted by molar-refractivity contribution is 5.22. The lowest BCUT2D eigenvalue weighted by Crippen LogP contribution is -2.50. The van der Waals surface area contributed by atoms with Gasteiger partial charge in [0.15, 0.2) is 17.5 Å². The molecule has 2 unspecified atom stereocenters. The van der Waals surface area contributed by atoms with Crippen LogP contribution < -0.4 is 0 Å². The summed E-state index contributed by atoms with van der Waals surface area (Å²) in [6.07, 6.45) is -0.868. The molecule has 1 aromatic rings. The van der Waals surface area contributed by atoms with Crippen molar-refractivity contribution in [2.24, 2.45) is 0 Å². The molecule has 2 atom stereocenters. The summed E-state index contributed by atoms with van der Waals surface area (Å²) in [5.74, 6) is -4.08. The molecular formula is C14H19F3N2O. The van der Waals surface area contributed by atoms with Crippen LogP contribution >= 0.6 is 0 Å². The fourth-order valence-corrected chi connectivity index (χ4v) is 2.54. The number of halogens is 3. The minimum atomic E-state index is -1.53. The maximum absolute atomic E-state index is 13.6. The number of hydrogen-bond acceptors (Lipinski definition) is 3. The highest BCUT2D eigenvalue weighted by Gasteiger charge is 2.27. The van der Waals surface area contributed by atoms with E-state index >= 15 is 0 Å². The summed E-state index contributed by atoms with van der Waals surface area (Å²) in [4.78, 5) is 4.21. The highest BCUT2D eigenvalue weighted by Crippen LogP contribution is 2.26. The van der Waals surface area contributed by atoms with Gasteiger partial charge in [-0.25, -0.2) is 13.2 Å². The van der Waals surface area contributed by atoms with E-state index in [9.17, 15) is 18.3 Å². The van der Waals surface area contributed by atoms with Crippen LogP contribution in [0.15, 0.2) is 12.1 Å². The second kappa shape index (κ2) is 6.11. The summed E-state index contributed by atoms with van der Waals surface area (Å²) in [7, 11) is 3.91. The Hall–Kier alpha value is -1.11. The standard InChI is InChI=1S/C14H19F3N2O/c1-18-5-6-19(2)9(8-18)7-12(20)10-3-4-11(15)14(17)13(10)16/h3-4,9,12,20H,5-8H2,1-2H3. The summed E-state index contributed by atoms with van der Waals surface area (Å²) in [6, 6.07) is 2.00. The van der Waals surface area contributed by atoms with Gasteiger partial charge in [-0.2, -0.15) is 0 Å². The van der Waals surface area contributed by atoms with Crippen LogP contribution in [0.4, 0.5) is 13.2 Å². The molecule has 0 spiro atoms. The van der Waals surface area contributed by atoms with Gasteiger partial charge in [0, 0.05) is 31.2 Å². The summed E-state index contributed by atoms with van der Waals surface area (Å²) in [5.41, 5.74) is -0.189. The Kier molecular flexibility index (Phi) is 4.67. The van der Waals surface area contributed by atoms with Crippen molar-refractivity contribution in [3.8, 4) is 0 Å². The third-order valence-electron chi connectivity index (χ3n) is 3.90. The molecule has 0 aromatic heterocycles. The normalized spacial score (nSPS) is 23.0. The molecule has 112 valence electrons. The largest absolute Gasteiger partial charge is 0.388 e. The molecule has 0 bridgehead atoms. The zero-order chi connectivity index (χ0) is 14.9. The van der Waals surface area contributed by atoms with E-state index in [-0.39, 0.29) is 18.0 Å². The predicted octanol–water partition coefficient (Wildman–Crippen LogP) is 1.77. The lowest BCUT2D eigenvalue weighted by Gasteiger charge is -2.38. The van der Waals surface area contributed by atoms with Gasteiger partial charge in [-0.05, 0) is 26.6 Å². The van der Waals surface area contributed by atoms with Crippen molar-refractivity contribution < 1.29 is 18.3 Å². The first-order chi connectivity index (χ1) is 9.40. The van der Waals surface area contributed by atoms with Crippen molar-refractivity contribution in [3.63, 3.8) is 0 Å². The molecule has 1 N–H and O–H groups in total. The Morgan fingerprint density at radius 2 is 1.90 bits per heavy atom. The van der Waals surface area contributed by atoms with E-state index in [1.54, 1.807) is 0 Å². The van der Waals surface area contributed by atoms with Gasteiger partial charge in [-0.15, -0.1) is 0 Å². The molecule has 20 heavy (non-hydrogen) atoms. The zero-order valence-corrected chi connectivity index (χ0v) is 11.6. The average Bonchev–Trinajstić information content (AvgIpc) is 2.40. The first-order valence-corrected chi connectivity index (χ1v) is 6.60. The summed E-state index contributed by atoms with van der Waals surface area (Å²) >= 11 is 0.